The Bertz CT molecular complexity index is 1120. The number of rotatable bonds is 8. The van der Waals surface area contributed by atoms with Crippen molar-refractivity contribution < 1.29 is 53.8 Å². The number of aliphatic hydroxyl groups is 3. The minimum atomic E-state index is -1.82. The maximum absolute atomic E-state index is 13.2. The molecule has 1 saturated heterocycles. The maximum atomic E-state index is 13.2. The number of ether oxygens (including phenoxy) is 3. The van der Waals surface area contributed by atoms with Crippen molar-refractivity contribution in [1.82, 2.24) is 0 Å². The first kappa shape index (κ1) is 31.2. The van der Waals surface area contributed by atoms with Crippen molar-refractivity contribution in [3.63, 3.8) is 0 Å². The van der Waals surface area contributed by atoms with E-state index in [4.69, 9.17) is 14.2 Å². The van der Waals surface area contributed by atoms with E-state index in [0.29, 0.717) is 19.3 Å². The van der Waals surface area contributed by atoms with E-state index in [1.54, 1.807) is 0 Å². The molecule has 2 heterocycles. The van der Waals surface area contributed by atoms with Crippen molar-refractivity contribution >= 4 is 23.9 Å². The van der Waals surface area contributed by atoms with Gasteiger partial charge in [-0.1, -0.05) is 39.8 Å². The Labute approximate surface area is 239 Å². The predicted octanol–water partition coefficient (Wildman–Crippen LogP) is 1.63. The molecule has 11 nitrogen and oxygen atoms in total. The largest absolute Gasteiger partial charge is 0.478 e. The highest BCUT2D eigenvalue weighted by molar-refractivity contribution is 5.90. The molecule has 4 rings (SSSR count). The van der Waals surface area contributed by atoms with Gasteiger partial charge in [0.1, 0.15) is 31.0 Å². The van der Waals surface area contributed by atoms with Crippen LogP contribution in [0.3, 0.4) is 0 Å². The van der Waals surface area contributed by atoms with Crippen molar-refractivity contribution in [3.05, 3.63) is 23.3 Å². The van der Waals surface area contributed by atoms with Gasteiger partial charge in [0.25, 0.3) is 0 Å². The molecule has 8 atom stereocenters. The number of allylic oxidation sites excluding steroid dienone is 2. The number of esters is 3. The number of aliphatic hydroxyl groups excluding tert-OH is 1. The van der Waals surface area contributed by atoms with Crippen LogP contribution in [-0.2, 0) is 33.4 Å². The van der Waals surface area contributed by atoms with Crippen molar-refractivity contribution in [2.75, 3.05) is 26.4 Å². The van der Waals surface area contributed by atoms with Crippen LogP contribution in [0.25, 0.3) is 0 Å². The highest BCUT2D eigenvalue weighted by Gasteiger charge is 2.58. The molecule has 0 aromatic heterocycles. The number of carbonyl (C=O) groups excluding carboxylic acids is 3. The fourth-order valence-corrected chi connectivity index (χ4v) is 7.45. The number of carboxylic acids is 1. The van der Waals surface area contributed by atoms with Crippen molar-refractivity contribution in [2.24, 2.45) is 47.3 Å². The summed E-state index contributed by atoms with van der Waals surface area (Å²) in [6, 6.07) is 0. The Balaban J connectivity index is 1.59. The monoisotopic (exact) mass is 578 g/mol. The number of cyclic esters (lactones) is 2. The maximum Gasteiger partial charge on any atom is 0.336 e. The van der Waals surface area contributed by atoms with E-state index in [1.807, 2.05) is 27.7 Å². The lowest BCUT2D eigenvalue weighted by Gasteiger charge is -2.46. The third-order valence-electron chi connectivity index (χ3n) is 9.74. The molecule has 41 heavy (non-hydrogen) atoms. The van der Waals surface area contributed by atoms with Gasteiger partial charge in [-0.25, -0.2) is 9.59 Å². The Morgan fingerprint density at radius 3 is 2.27 bits per heavy atom. The van der Waals surface area contributed by atoms with E-state index in [2.05, 4.69) is 0 Å². The standard InChI is InChI=1S/C30H42O11/c1-15(2)19-5-8-30(38)14-41-28(36)24(30)21(19)9-17(11-31)26(34)40-13-29(37)7-6-20(16(3)4)22-10-18(25(32)33)12-39-27(35)23(22)29/h9-10,15-16,19-24,31,37-38H,5-8,11-14H2,1-4H3,(H,32,33)/b17-9+. The van der Waals surface area contributed by atoms with Gasteiger partial charge in [0.05, 0.1) is 29.6 Å². The molecule has 2 aliphatic heterocycles. The van der Waals surface area contributed by atoms with Gasteiger partial charge in [0.2, 0.25) is 0 Å². The van der Waals surface area contributed by atoms with E-state index in [0.717, 1.165) is 0 Å². The van der Waals surface area contributed by atoms with Crippen molar-refractivity contribution in [2.45, 2.75) is 64.6 Å². The Morgan fingerprint density at radius 2 is 1.66 bits per heavy atom. The summed E-state index contributed by atoms with van der Waals surface area (Å²) in [4.78, 5) is 50.7. The molecule has 4 aliphatic rings. The molecule has 0 amide bonds. The van der Waals surface area contributed by atoms with Crippen molar-refractivity contribution in [3.8, 4) is 0 Å². The zero-order chi connectivity index (χ0) is 30.3. The Kier molecular flexibility index (Phi) is 9.01. The molecule has 2 saturated carbocycles. The molecule has 228 valence electrons. The average Bonchev–Trinajstić information content (AvgIpc) is 3.09. The second kappa shape index (κ2) is 11.9. The van der Waals surface area contributed by atoms with Crippen LogP contribution in [-0.4, -0.2) is 81.9 Å². The summed E-state index contributed by atoms with van der Waals surface area (Å²) in [6.45, 7) is 6.09. The fraction of sp³-hybridized carbons (Fsp3) is 0.733. The molecule has 0 aromatic carbocycles. The lowest BCUT2D eigenvalue weighted by atomic mass is 9.61. The fourth-order valence-electron chi connectivity index (χ4n) is 7.45. The minimum absolute atomic E-state index is 0.0625. The summed E-state index contributed by atoms with van der Waals surface area (Å²) in [5.74, 6) is -6.66. The number of hydrogen-bond acceptors (Lipinski definition) is 10. The zero-order valence-electron chi connectivity index (χ0n) is 24.1. The number of aliphatic carboxylic acids is 1. The van der Waals surface area contributed by atoms with Gasteiger partial charge in [-0.05, 0) is 61.2 Å². The topological polar surface area (TPSA) is 177 Å². The second-order valence-electron chi connectivity index (χ2n) is 12.8. The average molecular weight is 579 g/mol. The second-order valence-corrected chi connectivity index (χ2v) is 12.8. The third kappa shape index (κ3) is 5.94. The van der Waals surface area contributed by atoms with Gasteiger partial charge in [-0.2, -0.15) is 0 Å². The minimum Gasteiger partial charge on any atom is -0.478 e. The summed E-state index contributed by atoms with van der Waals surface area (Å²) in [7, 11) is 0. The van der Waals surface area contributed by atoms with Crippen molar-refractivity contribution in [1.29, 1.82) is 0 Å². The molecule has 2 aliphatic carbocycles. The highest BCUT2D eigenvalue weighted by atomic mass is 16.6. The van der Waals surface area contributed by atoms with Gasteiger partial charge < -0.3 is 34.6 Å². The lowest BCUT2D eigenvalue weighted by molar-refractivity contribution is -0.181. The van der Waals surface area contributed by atoms with Gasteiger partial charge in [0.15, 0.2) is 0 Å². The van der Waals surface area contributed by atoms with E-state index in [1.165, 1.54) is 12.2 Å². The lowest BCUT2D eigenvalue weighted by Crippen LogP contribution is -2.55. The van der Waals surface area contributed by atoms with Crippen LogP contribution >= 0.6 is 0 Å². The van der Waals surface area contributed by atoms with Crippen LogP contribution in [0.4, 0.5) is 0 Å². The van der Waals surface area contributed by atoms with Gasteiger partial charge in [-0.15, -0.1) is 0 Å². The summed E-state index contributed by atoms with van der Waals surface area (Å²) < 4.78 is 15.9. The number of fused-ring (bicyclic) bond motifs is 2. The van der Waals surface area contributed by atoms with Crippen LogP contribution < -0.4 is 0 Å². The molecule has 4 N–H and O–H groups in total. The molecular formula is C30H42O11. The predicted molar refractivity (Wildman–Crippen MR) is 143 cm³/mol. The van der Waals surface area contributed by atoms with Crippen LogP contribution in [0.1, 0.15) is 53.4 Å². The molecule has 3 fully saturated rings. The Morgan fingerprint density at radius 1 is 1.02 bits per heavy atom. The number of carboxylic acid groups (broad SMARTS) is 1. The number of carbonyl (C=O) groups is 4. The summed E-state index contributed by atoms with van der Waals surface area (Å²) >= 11 is 0. The zero-order valence-corrected chi connectivity index (χ0v) is 24.1. The quantitative estimate of drug-likeness (QED) is 0.187. The van der Waals surface area contributed by atoms with Crippen LogP contribution in [0, 0.1) is 47.3 Å². The van der Waals surface area contributed by atoms with Gasteiger partial charge in [0, 0.05) is 0 Å². The van der Waals surface area contributed by atoms with Crippen LogP contribution in [0.2, 0.25) is 0 Å². The summed E-state index contributed by atoms with van der Waals surface area (Å²) in [5, 5.41) is 42.5. The highest BCUT2D eigenvalue weighted by Crippen LogP contribution is 2.50. The van der Waals surface area contributed by atoms with Crippen LogP contribution in [0.5, 0.6) is 0 Å². The summed E-state index contributed by atoms with van der Waals surface area (Å²) in [5.41, 5.74) is -3.37. The smallest absolute Gasteiger partial charge is 0.336 e. The molecule has 0 spiro atoms. The van der Waals surface area contributed by atoms with E-state index in [-0.39, 0.29) is 47.8 Å². The SMILES string of the molecule is CC(C)C1CCC(O)(COC(=O)/C(=C/C2C(C(C)C)CCC3(O)COC(=O)C23)CO)C2C(=O)OCC(C(=O)O)=CC12. The van der Waals surface area contributed by atoms with E-state index in [9.17, 15) is 39.6 Å². The van der Waals surface area contributed by atoms with Gasteiger partial charge >= 0.3 is 23.9 Å². The first-order chi connectivity index (χ1) is 19.2. The van der Waals surface area contributed by atoms with E-state index < -0.39 is 78.6 Å². The molecule has 8 unspecified atom stereocenters. The molecule has 0 bridgehead atoms. The molecule has 0 radical (unpaired) electrons. The first-order valence-electron chi connectivity index (χ1n) is 14.4. The summed E-state index contributed by atoms with van der Waals surface area (Å²) in [6.07, 6.45) is 4.55. The van der Waals surface area contributed by atoms with Gasteiger partial charge in [-0.3, -0.25) is 9.59 Å². The molecule has 11 heteroatoms. The first-order valence-corrected chi connectivity index (χ1v) is 14.4. The van der Waals surface area contributed by atoms with Crippen LogP contribution in [0.15, 0.2) is 23.3 Å². The Hall–Kier alpha value is -2.76. The molecular weight excluding hydrogens is 536 g/mol. The molecule has 0 aromatic rings. The van der Waals surface area contributed by atoms with E-state index >= 15 is 0 Å². The number of hydrogen-bond donors (Lipinski definition) is 4. The third-order valence-corrected chi connectivity index (χ3v) is 9.74. The normalized spacial score (nSPS) is 37.5.